The molecule has 8 nitrogen and oxygen atoms in total. The molecule has 8 heteroatoms. The first kappa shape index (κ1) is 21.8. The Labute approximate surface area is 185 Å². The third-order valence-electron chi connectivity index (χ3n) is 6.79. The summed E-state index contributed by atoms with van der Waals surface area (Å²) < 4.78 is 0. The largest absolute Gasteiger partial charge is 0.353 e. The van der Waals surface area contributed by atoms with Gasteiger partial charge in [0, 0.05) is 57.3 Å². The van der Waals surface area contributed by atoms with E-state index in [9.17, 15) is 9.59 Å². The van der Waals surface area contributed by atoms with E-state index >= 15 is 0 Å². The molecular weight excluding hydrogens is 392 g/mol. The zero-order chi connectivity index (χ0) is 22.3. The topological polar surface area (TPSA) is 72.9 Å². The smallest absolute Gasteiger partial charge is 0.273 e. The summed E-state index contributed by atoms with van der Waals surface area (Å²) in [5, 5.41) is 0. The summed E-state index contributed by atoms with van der Waals surface area (Å²) in [4.78, 5) is 43.1. The van der Waals surface area contributed by atoms with Gasteiger partial charge in [-0.25, -0.2) is 4.98 Å². The zero-order valence-electron chi connectivity index (χ0n) is 19.6. The van der Waals surface area contributed by atoms with E-state index in [1.54, 1.807) is 6.92 Å². The van der Waals surface area contributed by atoms with Crippen LogP contribution in [-0.2, 0) is 11.3 Å². The second-order valence-electron chi connectivity index (χ2n) is 9.81. The summed E-state index contributed by atoms with van der Waals surface area (Å²) in [5.41, 5.74) is 1.55. The molecule has 0 N–H and O–H groups in total. The molecule has 0 spiro atoms. The van der Waals surface area contributed by atoms with Crippen molar-refractivity contribution >= 4 is 23.6 Å². The van der Waals surface area contributed by atoms with Crippen LogP contribution in [0.5, 0.6) is 0 Å². The molecule has 1 aromatic heterocycles. The molecule has 170 valence electrons. The molecule has 0 saturated carbocycles. The number of fused-ring (bicyclic) bond motifs is 1. The number of carbonyl (C=O) groups excluding carboxylic acids is 2. The predicted molar refractivity (Wildman–Crippen MR) is 121 cm³/mol. The summed E-state index contributed by atoms with van der Waals surface area (Å²) in [6.45, 7) is 14.5. The van der Waals surface area contributed by atoms with Gasteiger partial charge in [0.15, 0.2) is 0 Å². The normalized spacial score (nSPS) is 21.6. The lowest BCUT2D eigenvalue weighted by atomic mass is 10.0. The van der Waals surface area contributed by atoms with Crippen molar-refractivity contribution in [2.75, 3.05) is 42.5 Å². The number of aromatic nitrogens is 2. The Balaban J connectivity index is 1.70. The van der Waals surface area contributed by atoms with E-state index in [4.69, 9.17) is 9.97 Å². The molecule has 1 aromatic rings. The van der Waals surface area contributed by atoms with Crippen LogP contribution in [0.25, 0.3) is 0 Å². The molecule has 1 atom stereocenters. The van der Waals surface area contributed by atoms with Crippen molar-refractivity contribution in [1.82, 2.24) is 19.8 Å². The van der Waals surface area contributed by atoms with Crippen molar-refractivity contribution in [3.05, 3.63) is 11.3 Å². The van der Waals surface area contributed by atoms with Crippen LogP contribution < -0.4 is 9.80 Å². The van der Waals surface area contributed by atoms with Crippen LogP contribution >= 0.6 is 0 Å². The van der Waals surface area contributed by atoms with Gasteiger partial charge in [-0.1, -0.05) is 13.8 Å². The number of rotatable bonds is 5. The van der Waals surface area contributed by atoms with Gasteiger partial charge >= 0.3 is 0 Å². The van der Waals surface area contributed by atoms with Gasteiger partial charge in [-0.3, -0.25) is 9.59 Å². The summed E-state index contributed by atoms with van der Waals surface area (Å²) in [7, 11) is 0. The first-order chi connectivity index (χ1) is 14.8. The first-order valence-electron chi connectivity index (χ1n) is 11.7. The molecule has 4 rings (SSSR count). The summed E-state index contributed by atoms with van der Waals surface area (Å²) >= 11 is 0. The molecule has 0 aliphatic carbocycles. The molecule has 2 amide bonds. The highest BCUT2D eigenvalue weighted by Crippen LogP contribution is 2.37. The third kappa shape index (κ3) is 4.21. The maximum Gasteiger partial charge on any atom is 0.273 e. The number of hydrogen-bond acceptors (Lipinski definition) is 6. The molecule has 0 bridgehead atoms. The van der Waals surface area contributed by atoms with Crippen molar-refractivity contribution in [1.29, 1.82) is 0 Å². The summed E-state index contributed by atoms with van der Waals surface area (Å²) in [6.07, 6.45) is 3.46. The Bertz CT molecular complexity index is 847. The van der Waals surface area contributed by atoms with E-state index in [0.29, 0.717) is 56.3 Å². The van der Waals surface area contributed by atoms with Crippen molar-refractivity contribution in [3.63, 3.8) is 0 Å². The fraction of sp³-hybridized carbons (Fsp3) is 0.739. The minimum Gasteiger partial charge on any atom is -0.353 e. The van der Waals surface area contributed by atoms with Gasteiger partial charge in [0.05, 0.1) is 6.54 Å². The quantitative estimate of drug-likeness (QED) is 0.718. The van der Waals surface area contributed by atoms with Crippen LogP contribution in [0.1, 0.15) is 69.9 Å². The maximum absolute atomic E-state index is 13.2. The molecule has 0 radical (unpaired) electrons. The van der Waals surface area contributed by atoms with Crippen LogP contribution in [0, 0.1) is 5.92 Å². The molecule has 3 aliphatic heterocycles. The Hall–Kier alpha value is -2.38. The second-order valence-corrected chi connectivity index (χ2v) is 9.81. The fourth-order valence-electron chi connectivity index (χ4n) is 5.08. The van der Waals surface area contributed by atoms with Gasteiger partial charge in [-0.05, 0) is 39.0 Å². The fourth-order valence-corrected chi connectivity index (χ4v) is 5.08. The van der Waals surface area contributed by atoms with E-state index in [-0.39, 0.29) is 17.9 Å². The number of carbonyl (C=O) groups is 2. The SMILES string of the molecule is CC(=O)N1CCN(c2nc3c(c(N4CCCC4CC(C)C)n2)CN(C(C)C)C3=O)CC1. The minimum atomic E-state index is 0.0110. The van der Waals surface area contributed by atoms with E-state index in [1.165, 1.54) is 6.42 Å². The molecule has 0 aromatic carbocycles. The van der Waals surface area contributed by atoms with Crippen LogP contribution in [-0.4, -0.2) is 76.4 Å². The van der Waals surface area contributed by atoms with E-state index in [2.05, 4.69) is 37.5 Å². The van der Waals surface area contributed by atoms with Crippen LogP contribution in [0.2, 0.25) is 0 Å². The predicted octanol–water partition coefficient (Wildman–Crippen LogP) is 2.52. The molecular formula is C23H36N6O2. The Morgan fingerprint density at radius 2 is 1.77 bits per heavy atom. The Morgan fingerprint density at radius 3 is 2.39 bits per heavy atom. The highest BCUT2D eigenvalue weighted by atomic mass is 16.2. The van der Waals surface area contributed by atoms with Crippen LogP contribution in [0.15, 0.2) is 0 Å². The number of anilines is 2. The highest BCUT2D eigenvalue weighted by Gasteiger charge is 2.38. The monoisotopic (exact) mass is 428 g/mol. The van der Waals surface area contributed by atoms with Gasteiger partial charge in [-0.15, -0.1) is 0 Å². The lowest BCUT2D eigenvalue weighted by Gasteiger charge is -2.35. The van der Waals surface area contributed by atoms with Gasteiger partial charge in [0.1, 0.15) is 11.5 Å². The van der Waals surface area contributed by atoms with Crippen molar-refractivity contribution < 1.29 is 9.59 Å². The minimum absolute atomic E-state index is 0.0110. The van der Waals surface area contributed by atoms with Gasteiger partial charge in [-0.2, -0.15) is 4.98 Å². The van der Waals surface area contributed by atoms with Gasteiger partial charge in [0.25, 0.3) is 5.91 Å². The molecule has 31 heavy (non-hydrogen) atoms. The summed E-state index contributed by atoms with van der Waals surface area (Å²) in [5.74, 6) is 2.32. The molecule has 4 heterocycles. The van der Waals surface area contributed by atoms with E-state index < -0.39 is 0 Å². The van der Waals surface area contributed by atoms with E-state index in [1.807, 2.05) is 9.80 Å². The standard InChI is InChI=1S/C23H36N6O2/c1-15(2)13-18-7-6-8-28(18)21-19-14-29(16(3)4)22(31)20(19)24-23(25-21)27-11-9-26(10-12-27)17(5)30/h15-16,18H,6-14H2,1-5H3. The number of hydrogen-bond donors (Lipinski definition) is 0. The van der Waals surface area contributed by atoms with Gasteiger partial charge < -0.3 is 19.6 Å². The number of amides is 2. The zero-order valence-corrected chi connectivity index (χ0v) is 19.6. The Kier molecular flexibility index (Phi) is 6.08. The third-order valence-corrected chi connectivity index (χ3v) is 6.79. The number of piperazine rings is 1. The van der Waals surface area contributed by atoms with Crippen LogP contribution in [0.4, 0.5) is 11.8 Å². The Morgan fingerprint density at radius 1 is 1.06 bits per heavy atom. The lowest BCUT2D eigenvalue weighted by Crippen LogP contribution is -2.48. The average molecular weight is 429 g/mol. The van der Waals surface area contributed by atoms with Gasteiger partial charge in [0.2, 0.25) is 11.9 Å². The first-order valence-corrected chi connectivity index (χ1v) is 11.7. The van der Waals surface area contributed by atoms with Crippen molar-refractivity contribution in [2.45, 2.75) is 72.5 Å². The van der Waals surface area contributed by atoms with Crippen LogP contribution in [0.3, 0.4) is 0 Å². The second kappa shape index (κ2) is 8.63. The molecule has 2 saturated heterocycles. The van der Waals surface area contributed by atoms with Crippen molar-refractivity contribution in [3.8, 4) is 0 Å². The van der Waals surface area contributed by atoms with Crippen molar-refractivity contribution in [2.24, 2.45) is 5.92 Å². The number of nitrogens with zero attached hydrogens (tertiary/aromatic N) is 6. The van der Waals surface area contributed by atoms with E-state index in [0.717, 1.165) is 30.8 Å². The maximum atomic E-state index is 13.2. The summed E-state index contributed by atoms with van der Waals surface area (Å²) in [6, 6.07) is 0.590. The molecule has 1 unspecified atom stereocenters. The average Bonchev–Trinajstić information content (AvgIpc) is 3.31. The highest BCUT2D eigenvalue weighted by molar-refractivity contribution is 5.98. The molecule has 3 aliphatic rings. The lowest BCUT2D eigenvalue weighted by molar-refractivity contribution is -0.129. The molecule has 2 fully saturated rings.